The Morgan fingerprint density at radius 1 is 0.941 bits per heavy atom. The summed E-state index contributed by atoms with van der Waals surface area (Å²) >= 11 is 0. The summed E-state index contributed by atoms with van der Waals surface area (Å²) in [6.07, 6.45) is 19.5. The van der Waals surface area contributed by atoms with E-state index in [1.165, 1.54) is 64.2 Å². The van der Waals surface area contributed by atoms with E-state index in [1.54, 1.807) is 18.2 Å². The lowest BCUT2D eigenvalue weighted by Crippen LogP contribution is -2.24. The zero-order valence-electron chi connectivity index (χ0n) is 20.5. The Balaban J connectivity index is 1.65. The first-order chi connectivity index (χ1) is 16.5. The molecule has 1 heterocycles. The molecule has 0 aliphatic carbocycles. The summed E-state index contributed by atoms with van der Waals surface area (Å²) in [4.78, 5) is 35.5. The smallest absolute Gasteiger partial charge is 0.304 e. The number of fused-ring (bicyclic) bond motifs is 1. The molecular weight excluding hydrogens is 430 g/mol. The van der Waals surface area contributed by atoms with Crippen LogP contribution >= 0.6 is 0 Å². The molecule has 1 aromatic carbocycles. The number of hydrogen-bond donors (Lipinski definition) is 4. The van der Waals surface area contributed by atoms with Gasteiger partial charge in [-0.15, -0.1) is 0 Å². The van der Waals surface area contributed by atoms with Gasteiger partial charge in [0.15, 0.2) is 0 Å². The topological polar surface area (TPSA) is 115 Å². The second kappa shape index (κ2) is 15.9. The molecule has 0 bridgehead atoms. The second-order valence-electron chi connectivity index (χ2n) is 9.15. The van der Waals surface area contributed by atoms with Crippen LogP contribution in [-0.2, 0) is 9.59 Å². The average Bonchev–Trinajstić information content (AvgIpc) is 3.18. The SMILES string of the molecule is CCCCCCCCCCCCCC=CCC(CC(=O)O)C(=O)Nc1ccc2c(=O)[nH][nH]c2c1. The third-order valence-corrected chi connectivity index (χ3v) is 6.20. The van der Waals surface area contributed by atoms with Crippen molar-refractivity contribution in [2.45, 2.75) is 96.8 Å². The molecule has 2 rings (SSSR count). The van der Waals surface area contributed by atoms with Crippen LogP contribution < -0.4 is 10.9 Å². The maximum absolute atomic E-state index is 12.7. The van der Waals surface area contributed by atoms with E-state index in [0.29, 0.717) is 23.0 Å². The van der Waals surface area contributed by atoms with Crippen molar-refractivity contribution in [2.24, 2.45) is 5.92 Å². The number of carboxylic acids is 1. The van der Waals surface area contributed by atoms with Crippen LogP contribution in [0.2, 0.25) is 0 Å². The number of carboxylic acid groups (broad SMARTS) is 1. The van der Waals surface area contributed by atoms with Crippen LogP contribution in [0.5, 0.6) is 0 Å². The molecule has 1 unspecified atom stereocenters. The van der Waals surface area contributed by atoms with Gasteiger partial charge in [-0.1, -0.05) is 83.3 Å². The Morgan fingerprint density at radius 3 is 2.24 bits per heavy atom. The highest BCUT2D eigenvalue weighted by molar-refractivity contribution is 5.96. The highest BCUT2D eigenvalue weighted by Crippen LogP contribution is 2.18. The van der Waals surface area contributed by atoms with Gasteiger partial charge in [0.2, 0.25) is 5.91 Å². The monoisotopic (exact) mass is 471 g/mol. The van der Waals surface area contributed by atoms with Gasteiger partial charge in [0.1, 0.15) is 0 Å². The van der Waals surface area contributed by atoms with E-state index in [1.807, 2.05) is 6.08 Å². The summed E-state index contributed by atoms with van der Waals surface area (Å²) in [6, 6.07) is 4.93. The second-order valence-corrected chi connectivity index (χ2v) is 9.15. The van der Waals surface area contributed by atoms with Gasteiger partial charge >= 0.3 is 5.97 Å². The Kier molecular flexibility index (Phi) is 12.8. The molecular formula is C27H41N3O4. The number of carbonyl (C=O) groups is 2. The van der Waals surface area contributed by atoms with Gasteiger partial charge in [0.05, 0.1) is 23.2 Å². The van der Waals surface area contributed by atoms with Gasteiger partial charge in [-0.05, 0) is 37.5 Å². The number of aliphatic carboxylic acids is 1. The summed E-state index contributed by atoms with van der Waals surface area (Å²) < 4.78 is 0. The van der Waals surface area contributed by atoms with Crippen molar-refractivity contribution in [3.05, 3.63) is 40.7 Å². The van der Waals surface area contributed by atoms with Crippen molar-refractivity contribution in [2.75, 3.05) is 5.32 Å². The number of benzene rings is 1. The third kappa shape index (κ3) is 10.4. The molecule has 0 spiro atoms. The number of unbranched alkanes of at least 4 members (excludes halogenated alkanes) is 11. The highest BCUT2D eigenvalue weighted by atomic mass is 16.4. The first-order valence-electron chi connectivity index (χ1n) is 12.9. The van der Waals surface area contributed by atoms with Gasteiger partial charge in [-0.2, -0.15) is 0 Å². The molecule has 1 aromatic heterocycles. The fourth-order valence-electron chi connectivity index (χ4n) is 4.16. The lowest BCUT2D eigenvalue weighted by atomic mass is 9.99. The number of aromatic amines is 2. The molecule has 0 aliphatic rings. The summed E-state index contributed by atoms with van der Waals surface area (Å²) in [5.74, 6) is -1.98. The van der Waals surface area contributed by atoms with Gasteiger partial charge in [-0.25, -0.2) is 0 Å². The first kappa shape index (κ1) is 27.4. The van der Waals surface area contributed by atoms with E-state index >= 15 is 0 Å². The van der Waals surface area contributed by atoms with E-state index in [4.69, 9.17) is 0 Å². The predicted molar refractivity (Wildman–Crippen MR) is 138 cm³/mol. The molecule has 0 radical (unpaired) electrons. The lowest BCUT2D eigenvalue weighted by molar-refractivity contribution is -0.140. The average molecular weight is 472 g/mol. The Hall–Kier alpha value is -2.83. The number of nitrogens with one attached hydrogen (secondary N) is 3. The minimum absolute atomic E-state index is 0.223. The Labute approximate surface area is 202 Å². The van der Waals surface area contributed by atoms with Gasteiger partial charge in [-0.3, -0.25) is 24.6 Å². The summed E-state index contributed by atoms with van der Waals surface area (Å²) in [7, 11) is 0. The first-order valence-corrected chi connectivity index (χ1v) is 12.9. The van der Waals surface area contributed by atoms with Crippen LogP contribution in [0.3, 0.4) is 0 Å². The van der Waals surface area contributed by atoms with E-state index < -0.39 is 11.9 Å². The Bertz CT molecular complexity index is 960. The molecule has 0 aliphatic heterocycles. The van der Waals surface area contributed by atoms with Gasteiger partial charge < -0.3 is 10.4 Å². The molecule has 4 N–H and O–H groups in total. The summed E-state index contributed by atoms with van der Waals surface area (Å²) in [5.41, 5.74) is 0.886. The van der Waals surface area contributed by atoms with E-state index in [9.17, 15) is 19.5 Å². The van der Waals surface area contributed by atoms with Crippen LogP contribution in [0.1, 0.15) is 96.8 Å². The summed E-state index contributed by atoms with van der Waals surface area (Å²) in [6.45, 7) is 2.25. The Morgan fingerprint density at radius 2 is 1.59 bits per heavy atom. The minimum Gasteiger partial charge on any atom is -0.481 e. The number of allylic oxidation sites excluding steroid dienone is 2. The number of aromatic nitrogens is 2. The number of H-pyrrole nitrogens is 2. The van der Waals surface area contributed by atoms with Crippen molar-refractivity contribution in [3.8, 4) is 0 Å². The van der Waals surface area contributed by atoms with Crippen molar-refractivity contribution in [1.82, 2.24) is 10.2 Å². The zero-order valence-corrected chi connectivity index (χ0v) is 20.5. The lowest BCUT2D eigenvalue weighted by Gasteiger charge is -2.13. The number of carbonyl (C=O) groups excluding carboxylic acids is 1. The van der Waals surface area contributed by atoms with Crippen LogP contribution in [0, 0.1) is 5.92 Å². The molecule has 0 saturated carbocycles. The maximum Gasteiger partial charge on any atom is 0.304 e. The molecule has 7 nitrogen and oxygen atoms in total. The number of amides is 1. The molecule has 0 fully saturated rings. The molecule has 1 amide bonds. The van der Waals surface area contributed by atoms with Crippen LogP contribution in [0.4, 0.5) is 5.69 Å². The molecule has 2 aromatic rings. The van der Waals surface area contributed by atoms with Crippen LogP contribution in [0.25, 0.3) is 10.9 Å². The molecule has 1 atom stereocenters. The third-order valence-electron chi connectivity index (χ3n) is 6.20. The van der Waals surface area contributed by atoms with Crippen molar-refractivity contribution < 1.29 is 14.7 Å². The van der Waals surface area contributed by atoms with E-state index in [0.717, 1.165) is 12.8 Å². The number of anilines is 1. The van der Waals surface area contributed by atoms with Crippen LogP contribution in [0.15, 0.2) is 35.1 Å². The quantitative estimate of drug-likeness (QED) is 0.146. The fourth-order valence-corrected chi connectivity index (χ4v) is 4.16. The molecule has 34 heavy (non-hydrogen) atoms. The van der Waals surface area contributed by atoms with E-state index in [-0.39, 0.29) is 17.9 Å². The van der Waals surface area contributed by atoms with Crippen molar-refractivity contribution in [3.63, 3.8) is 0 Å². The maximum atomic E-state index is 12.7. The van der Waals surface area contributed by atoms with E-state index in [2.05, 4.69) is 28.5 Å². The largest absolute Gasteiger partial charge is 0.481 e. The molecule has 7 heteroatoms. The standard InChI is InChI=1S/C27H41N3O4/c1-2-3-4-5-6-7-8-9-10-11-12-13-14-15-16-21(19-25(31)32)26(33)28-22-17-18-23-24(20-22)29-30-27(23)34/h14-15,17-18,20-21H,2-13,16,19H2,1H3,(H,28,33)(H,31,32)(H2,29,30,34). The zero-order chi connectivity index (χ0) is 24.6. The number of rotatable bonds is 18. The normalized spacial score (nSPS) is 12.4. The molecule has 188 valence electrons. The van der Waals surface area contributed by atoms with Gasteiger partial charge in [0, 0.05) is 5.69 Å². The van der Waals surface area contributed by atoms with Crippen LogP contribution in [-0.4, -0.2) is 27.2 Å². The summed E-state index contributed by atoms with van der Waals surface area (Å²) in [5, 5.41) is 17.7. The fraction of sp³-hybridized carbons (Fsp3) is 0.593. The highest BCUT2D eigenvalue weighted by Gasteiger charge is 2.21. The predicted octanol–water partition coefficient (Wildman–Crippen LogP) is 6.53. The van der Waals surface area contributed by atoms with Gasteiger partial charge in [0.25, 0.3) is 5.56 Å². The minimum atomic E-state index is -0.996. The number of hydrogen-bond acceptors (Lipinski definition) is 3. The molecule has 0 saturated heterocycles. The van der Waals surface area contributed by atoms with Crippen molar-refractivity contribution in [1.29, 1.82) is 0 Å². The van der Waals surface area contributed by atoms with Crippen molar-refractivity contribution >= 4 is 28.5 Å².